The van der Waals surface area contributed by atoms with E-state index in [1.165, 1.54) is 25.9 Å². The van der Waals surface area contributed by atoms with Gasteiger partial charge in [0, 0.05) is 22.5 Å². The van der Waals surface area contributed by atoms with Crippen LogP contribution in [0.2, 0.25) is 0 Å². The lowest BCUT2D eigenvalue weighted by atomic mass is 10.1. The van der Waals surface area contributed by atoms with Gasteiger partial charge in [0.25, 0.3) is 5.91 Å². The van der Waals surface area contributed by atoms with Crippen LogP contribution >= 0.6 is 28.6 Å². The Bertz CT molecular complexity index is 475. The summed E-state index contributed by atoms with van der Waals surface area (Å²) < 4.78 is 0.806. The maximum absolute atomic E-state index is 12.2. The predicted octanol–water partition coefficient (Wildman–Crippen LogP) is 3.20. The average molecular weight is 357 g/mol. The third-order valence-corrected chi connectivity index (χ3v) is 4.54. The third-order valence-electron chi connectivity index (χ3n) is 3.57. The smallest absolute Gasteiger partial charge is 0.252 e. The van der Waals surface area contributed by atoms with Crippen LogP contribution in [0.5, 0.6) is 0 Å². The van der Waals surface area contributed by atoms with Crippen LogP contribution in [0.15, 0.2) is 27.6 Å². The van der Waals surface area contributed by atoms with Crippen molar-refractivity contribution in [3.05, 3.63) is 28.2 Å². The van der Waals surface area contributed by atoms with E-state index in [4.69, 9.17) is 0 Å². The number of thiol groups is 1. The highest BCUT2D eigenvalue weighted by Crippen LogP contribution is 2.20. The maximum atomic E-state index is 12.2. The first-order chi connectivity index (χ1) is 9.56. The number of carbonyl (C=O) groups excluding carboxylic acids is 1. The molecule has 1 saturated heterocycles. The van der Waals surface area contributed by atoms with E-state index in [9.17, 15) is 4.79 Å². The summed E-state index contributed by atoms with van der Waals surface area (Å²) >= 11 is 7.68. The summed E-state index contributed by atoms with van der Waals surface area (Å²) in [5, 5.41) is 3.01. The van der Waals surface area contributed by atoms with E-state index >= 15 is 0 Å². The molecular weight excluding hydrogens is 336 g/mol. The van der Waals surface area contributed by atoms with Gasteiger partial charge >= 0.3 is 0 Å². The van der Waals surface area contributed by atoms with Crippen LogP contribution in [0.1, 0.15) is 30.1 Å². The number of hydrogen-bond donors (Lipinski definition) is 2. The zero-order valence-corrected chi connectivity index (χ0v) is 14.2. The highest BCUT2D eigenvalue weighted by molar-refractivity contribution is 9.10. The second kappa shape index (κ2) is 7.48. The van der Waals surface area contributed by atoms with Crippen molar-refractivity contribution < 1.29 is 4.79 Å². The third kappa shape index (κ3) is 4.50. The number of rotatable bonds is 5. The van der Waals surface area contributed by atoms with E-state index in [1.807, 2.05) is 12.1 Å². The number of amides is 1. The van der Waals surface area contributed by atoms with Gasteiger partial charge in [0.1, 0.15) is 0 Å². The Morgan fingerprint density at radius 3 is 2.85 bits per heavy atom. The van der Waals surface area contributed by atoms with Gasteiger partial charge in [0.05, 0.1) is 5.56 Å². The van der Waals surface area contributed by atoms with Crippen molar-refractivity contribution in [1.29, 1.82) is 0 Å². The Kier molecular flexibility index (Phi) is 5.93. The molecule has 0 aliphatic carbocycles. The molecule has 1 N–H and O–H groups in total. The van der Waals surface area contributed by atoms with Crippen LogP contribution in [0.3, 0.4) is 0 Å². The fourth-order valence-corrected chi connectivity index (χ4v) is 3.15. The summed E-state index contributed by atoms with van der Waals surface area (Å²) in [6.45, 7) is 6.35. The molecule has 1 amide bonds. The van der Waals surface area contributed by atoms with Gasteiger partial charge in [-0.05, 0) is 66.0 Å². The van der Waals surface area contributed by atoms with Crippen molar-refractivity contribution in [1.82, 2.24) is 10.2 Å². The van der Waals surface area contributed by atoms with Gasteiger partial charge in [-0.15, -0.1) is 12.6 Å². The van der Waals surface area contributed by atoms with Crippen molar-refractivity contribution in [2.24, 2.45) is 5.92 Å². The van der Waals surface area contributed by atoms with Crippen molar-refractivity contribution in [2.75, 3.05) is 26.2 Å². The lowest BCUT2D eigenvalue weighted by Gasteiger charge is -2.20. The molecule has 0 saturated carbocycles. The standard InChI is InChI=1S/C15H21BrN2OS/c1-11(10-18-6-2-3-7-18)9-17-15(19)13-8-12(20)4-5-14(13)16/h4-5,8,11,20H,2-3,6-7,9-10H2,1H3,(H,17,19). The van der Waals surface area contributed by atoms with E-state index in [-0.39, 0.29) is 5.91 Å². The number of nitrogens with one attached hydrogen (secondary N) is 1. The molecule has 1 aromatic carbocycles. The van der Waals surface area contributed by atoms with E-state index in [2.05, 4.69) is 45.7 Å². The molecule has 1 fully saturated rings. The average Bonchev–Trinajstić information content (AvgIpc) is 2.91. The molecule has 0 spiro atoms. The predicted molar refractivity (Wildman–Crippen MR) is 88.6 cm³/mol. The Balaban J connectivity index is 1.83. The van der Waals surface area contributed by atoms with Gasteiger partial charge < -0.3 is 10.2 Å². The van der Waals surface area contributed by atoms with Crippen LogP contribution in [0, 0.1) is 5.92 Å². The lowest BCUT2D eigenvalue weighted by Crippen LogP contribution is -2.34. The normalized spacial score (nSPS) is 17.1. The zero-order chi connectivity index (χ0) is 14.5. The fraction of sp³-hybridized carbons (Fsp3) is 0.533. The maximum Gasteiger partial charge on any atom is 0.252 e. The fourth-order valence-electron chi connectivity index (χ4n) is 2.52. The van der Waals surface area contributed by atoms with E-state index in [0.717, 1.165) is 15.9 Å². The molecule has 1 unspecified atom stereocenters. The minimum Gasteiger partial charge on any atom is -0.352 e. The molecule has 2 rings (SSSR count). The first kappa shape index (κ1) is 15.9. The monoisotopic (exact) mass is 356 g/mol. The molecule has 1 aliphatic rings. The Morgan fingerprint density at radius 1 is 1.45 bits per heavy atom. The van der Waals surface area contributed by atoms with Crippen molar-refractivity contribution >= 4 is 34.5 Å². The summed E-state index contributed by atoms with van der Waals surface area (Å²) in [7, 11) is 0. The molecule has 3 nitrogen and oxygen atoms in total. The van der Waals surface area contributed by atoms with Gasteiger partial charge in [-0.2, -0.15) is 0 Å². The first-order valence-electron chi connectivity index (χ1n) is 7.05. The molecule has 1 aliphatic heterocycles. The SMILES string of the molecule is CC(CNC(=O)c1cc(S)ccc1Br)CN1CCCC1. The Labute approximate surface area is 134 Å². The lowest BCUT2D eigenvalue weighted by molar-refractivity contribution is 0.0944. The summed E-state index contributed by atoms with van der Waals surface area (Å²) in [5.74, 6) is 0.427. The number of benzene rings is 1. The van der Waals surface area contributed by atoms with Gasteiger partial charge in [-0.25, -0.2) is 0 Å². The molecule has 1 atom stereocenters. The van der Waals surface area contributed by atoms with E-state index in [1.54, 1.807) is 6.07 Å². The minimum atomic E-state index is -0.0407. The van der Waals surface area contributed by atoms with Gasteiger partial charge in [0.2, 0.25) is 0 Å². The topological polar surface area (TPSA) is 32.3 Å². The molecule has 0 aromatic heterocycles. The number of hydrogen-bond acceptors (Lipinski definition) is 3. The highest BCUT2D eigenvalue weighted by atomic mass is 79.9. The van der Waals surface area contributed by atoms with E-state index in [0.29, 0.717) is 18.0 Å². The largest absolute Gasteiger partial charge is 0.352 e. The van der Waals surface area contributed by atoms with Crippen molar-refractivity contribution in [2.45, 2.75) is 24.7 Å². The van der Waals surface area contributed by atoms with Gasteiger partial charge in [-0.1, -0.05) is 6.92 Å². The molecule has 5 heteroatoms. The summed E-state index contributed by atoms with van der Waals surface area (Å²) in [5.41, 5.74) is 0.644. The summed E-state index contributed by atoms with van der Waals surface area (Å²) in [4.78, 5) is 15.4. The zero-order valence-electron chi connectivity index (χ0n) is 11.7. The molecule has 1 aromatic rings. The second-order valence-electron chi connectivity index (χ2n) is 5.49. The van der Waals surface area contributed by atoms with Crippen molar-refractivity contribution in [3.63, 3.8) is 0 Å². The quantitative estimate of drug-likeness (QED) is 0.794. The number of nitrogens with zero attached hydrogens (tertiary/aromatic N) is 1. The molecule has 20 heavy (non-hydrogen) atoms. The summed E-state index contributed by atoms with van der Waals surface area (Å²) in [6.07, 6.45) is 2.61. The molecule has 1 heterocycles. The van der Waals surface area contributed by atoms with Crippen LogP contribution < -0.4 is 5.32 Å². The van der Waals surface area contributed by atoms with Crippen LogP contribution in [0.4, 0.5) is 0 Å². The van der Waals surface area contributed by atoms with Gasteiger partial charge in [-0.3, -0.25) is 4.79 Å². The molecule has 110 valence electrons. The van der Waals surface area contributed by atoms with Crippen LogP contribution in [-0.4, -0.2) is 37.0 Å². The molecule has 0 bridgehead atoms. The number of likely N-dealkylation sites (tertiary alicyclic amines) is 1. The second-order valence-corrected chi connectivity index (χ2v) is 6.86. The Hall–Kier alpha value is -0.520. The van der Waals surface area contributed by atoms with E-state index < -0.39 is 0 Å². The first-order valence-corrected chi connectivity index (χ1v) is 8.29. The van der Waals surface area contributed by atoms with Crippen molar-refractivity contribution in [3.8, 4) is 0 Å². The number of halogens is 1. The molecular formula is C15H21BrN2OS. The highest BCUT2D eigenvalue weighted by Gasteiger charge is 2.16. The van der Waals surface area contributed by atoms with Crippen LogP contribution in [-0.2, 0) is 0 Å². The Morgan fingerprint density at radius 2 is 2.15 bits per heavy atom. The van der Waals surface area contributed by atoms with Gasteiger partial charge in [0.15, 0.2) is 0 Å². The number of carbonyl (C=O) groups is 1. The summed E-state index contributed by atoms with van der Waals surface area (Å²) in [6, 6.07) is 5.50. The van der Waals surface area contributed by atoms with Crippen LogP contribution in [0.25, 0.3) is 0 Å². The molecule has 0 radical (unpaired) electrons. The minimum absolute atomic E-state index is 0.0407.